The summed E-state index contributed by atoms with van der Waals surface area (Å²) in [6.45, 7) is 4.58. The van der Waals surface area contributed by atoms with Crippen molar-refractivity contribution in [3.8, 4) is 0 Å². The highest BCUT2D eigenvalue weighted by Crippen LogP contribution is 2.20. The second kappa shape index (κ2) is 5.32. The molecule has 1 atom stereocenters. The fourth-order valence-electron chi connectivity index (χ4n) is 1.87. The fraction of sp³-hybridized carbons (Fsp3) is 0.700. The Morgan fingerprint density at radius 1 is 1.54 bits per heavy atom. The van der Waals surface area contributed by atoms with Crippen molar-refractivity contribution in [2.24, 2.45) is 0 Å². The molecule has 0 aliphatic carbocycles. The van der Waals surface area contributed by atoms with Crippen molar-refractivity contribution >= 4 is 17.9 Å². The second-order valence-corrected chi connectivity index (χ2v) is 3.89. The highest BCUT2D eigenvalue weighted by atomic mass is 32.1. The molecule has 1 unspecified atom stereocenters. The van der Waals surface area contributed by atoms with E-state index in [9.17, 15) is 4.79 Å². The van der Waals surface area contributed by atoms with E-state index in [4.69, 9.17) is 0 Å². The van der Waals surface area contributed by atoms with Crippen molar-refractivity contribution in [2.45, 2.75) is 38.1 Å². The van der Waals surface area contributed by atoms with Gasteiger partial charge in [0.1, 0.15) is 0 Å². The van der Waals surface area contributed by atoms with Crippen LogP contribution in [0.15, 0.2) is 12.7 Å². The van der Waals surface area contributed by atoms with Gasteiger partial charge in [-0.1, -0.05) is 31.5 Å². The van der Waals surface area contributed by atoms with E-state index in [2.05, 4.69) is 19.2 Å². The van der Waals surface area contributed by atoms with Crippen LogP contribution >= 0.6 is 12.6 Å². The third-order valence-electron chi connectivity index (χ3n) is 2.56. The number of carbonyl (C=O) groups excluding carboxylic acids is 1. The molecule has 0 aromatic heterocycles. The number of amides is 1. The van der Waals surface area contributed by atoms with Crippen molar-refractivity contribution in [2.75, 3.05) is 6.54 Å². The molecule has 2 nitrogen and oxygen atoms in total. The first-order chi connectivity index (χ1) is 6.25. The lowest BCUT2D eigenvalue weighted by molar-refractivity contribution is 0.201. The molecule has 0 N–H and O–H groups in total. The minimum absolute atomic E-state index is 0.0891. The molecule has 1 rings (SSSR count). The third kappa shape index (κ3) is 3.07. The maximum Gasteiger partial charge on any atom is 0.278 e. The van der Waals surface area contributed by atoms with Gasteiger partial charge in [-0.2, -0.15) is 0 Å². The normalized spacial score (nSPS) is 23.8. The molecule has 74 valence electrons. The lowest BCUT2D eigenvalue weighted by Gasteiger charge is -2.27. The average Bonchev–Trinajstić information content (AvgIpc) is 2.30. The van der Waals surface area contributed by atoms with Crippen LogP contribution in [-0.2, 0) is 0 Å². The molecule has 1 saturated heterocycles. The number of hydrogen-bond donors (Lipinski definition) is 1. The summed E-state index contributed by atoms with van der Waals surface area (Å²) in [6.07, 6.45) is 7.44. The number of carbonyl (C=O) groups is 1. The molecular weight excluding hydrogens is 182 g/mol. The Hall–Kier alpha value is -0.440. The lowest BCUT2D eigenvalue weighted by atomic mass is 10.1. The zero-order chi connectivity index (χ0) is 9.68. The number of thiol groups is 1. The van der Waals surface area contributed by atoms with Gasteiger partial charge in [-0.25, -0.2) is 0 Å². The topological polar surface area (TPSA) is 20.3 Å². The van der Waals surface area contributed by atoms with Crippen LogP contribution in [0.2, 0.25) is 0 Å². The Bertz CT molecular complexity index is 193. The second-order valence-electron chi connectivity index (χ2n) is 3.50. The van der Waals surface area contributed by atoms with Crippen LogP contribution in [-0.4, -0.2) is 22.7 Å². The summed E-state index contributed by atoms with van der Waals surface area (Å²) in [5.74, 6) is 0. The third-order valence-corrected chi connectivity index (χ3v) is 2.82. The van der Waals surface area contributed by atoms with Crippen molar-refractivity contribution in [1.82, 2.24) is 4.90 Å². The first kappa shape index (κ1) is 10.6. The fourth-order valence-corrected chi connectivity index (χ4v) is 2.13. The molecular formula is C10H17NOS. The predicted octanol–water partition coefficient (Wildman–Crippen LogP) is 2.86. The quantitative estimate of drug-likeness (QED) is 0.535. The van der Waals surface area contributed by atoms with Crippen LogP contribution in [0.4, 0.5) is 4.79 Å². The van der Waals surface area contributed by atoms with Crippen LogP contribution < -0.4 is 0 Å². The van der Waals surface area contributed by atoms with Gasteiger partial charge < -0.3 is 4.90 Å². The zero-order valence-corrected chi connectivity index (χ0v) is 8.80. The SMILES string of the molecule is C=CCC1CCCCCN1C(=O)S. The summed E-state index contributed by atoms with van der Waals surface area (Å²) < 4.78 is 0. The first-order valence-electron chi connectivity index (χ1n) is 4.86. The summed E-state index contributed by atoms with van der Waals surface area (Å²) in [4.78, 5) is 13.1. The molecule has 0 radical (unpaired) electrons. The minimum atomic E-state index is -0.0891. The van der Waals surface area contributed by atoms with E-state index >= 15 is 0 Å². The van der Waals surface area contributed by atoms with Crippen molar-refractivity contribution < 1.29 is 4.79 Å². The van der Waals surface area contributed by atoms with Gasteiger partial charge in [-0.15, -0.1) is 6.58 Å². The van der Waals surface area contributed by atoms with E-state index in [1.165, 1.54) is 12.8 Å². The van der Waals surface area contributed by atoms with Gasteiger partial charge in [0.25, 0.3) is 5.24 Å². The molecule has 13 heavy (non-hydrogen) atoms. The maximum absolute atomic E-state index is 11.2. The monoisotopic (exact) mass is 199 g/mol. The summed E-state index contributed by atoms with van der Waals surface area (Å²) in [5, 5.41) is -0.0891. The van der Waals surface area contributed by atoms with E-state index in [0.717, 1.165) is 25.8 Å². The molecule has 1 fully saturated rings. The van der Waals surface area contributed by atoms with E-state index in [1.54, 1.807) is 0 Å². The van der Waals surface area contributed by atoms with E-state index < -0.39 is 0 Å². The minimum Gasteiger partial charge on any atom is -0.331 e. The molecule has 0 saturated carbocycles. The van der Waals surface area contributed by atoms with Crippen LogP contribution in [0.25, 0.3) is 0 Å². The maximum atomic E-state index is 11.2. The molecule has 0 aromatic carbocycles. The molecule has 1 aliphatic rings. The van der Waals surface area contributed by atoms with Gasteiger partial charge in [0.15, 0.2) is 0 Å². The summed E-state index contributed by atoms with van der Waals surface area (Å²) in [5.41, 5.74) is 0. The number of nitrogens with zero attached hydrogens (tertiary/aromatic N) is 1. The zero-order valence-electron chi connectivity index (χ0n) is 7.91. The largest absolute Gasteiger partial charge is 0.331 e. The number of likely N-dealkylation sites (tertiary alicyclic amines) is 1. The molecule has 1 heterocycles. The smallest absolute Gasteiger partial charge is 0.278 e. The molecule has 0 aromatic rings. The van der Waals surface area contributed by atoms with Gasteiger partial charge in [0.05, 0.1) is 0 Å². The van der Waals surface area contributed by atoms with E-state index in [-0.39, 0.29) is 5.24 Å². The van der Waals surface area contributed by atoms with E-state index in [0.29, 0.717) is 6.04 Å². The van der Waals surface area contributed by atoms with Crippen molar-refractivity contribution in [1.29, 1.82) is 0 Å². The first-order valence-corrected chi connectivity index (χ1v) is 5.31. The Labute approximate surface area is 85.4 Å². The Morgan fingerprint density at radius 3 is 2.92 bits per heavy atom. The molecule has 0 spiro atoms. The Balaban J connectivity index is 2.60. The molecule has 0 bridgehead atoms. The Kier molecular flexibility index (Phi) is 4.36. The summed E-state index contributed by atoms with van der Waals surface area (Å²) in [6, 6.07) is 0.338. The van der Waals surface area contributed by atoms with Gasteiger partial charge in [-0.3, -0.25) is 4.79 Å². The molecule has 3 heteroatoms. The molecule has 1 aliphatic heterocycles. The van der Waals surface area contributed by atoms with Crippen LogP contribution in [0.5, 0.6) is 0 Å². The van der Waals surface area contributed by atoms with Crippen molar-refractivity contribution in [3.63, 3.8) is 0 Å². The van der Waals surface area contributed by atoms with Crippen LogP contribution in [0, 0.1) is 0 Å². The van der Waals surface area contributed by atoms with Gasteiger partial charge >= 0.3 is 0 Å². The standard InChI is InChI=1S/C10H17NOS/c1-2-6-9-7-4-3-5-8-11(9)10(12)13/h2,9H,1,3-8H2,(H,12,13). The summed E-state index contributed by atoms with van der Waals surface area (Å²) in [7, 11) is 0. The predicted molar refractivity (Wildman–Crippen MR) is 58.2 cm³/mol. The van der Waals surface area contributed by atoms with Gasteiger partial charge in [-0.05, 0) is 19.3 Å². The van der Waals surface area contributed by atoms with Crippen LogP contribution in [0.3, 0.4) is 0 Å². The van der Waals surface area contributed by atoms with Crippen molar-refractivity contribution in [3.05, 3.63) is 12.7 Å². The highest BCUT2D eigenvalue weighted by molar-refractivity contribution is 7.96. The van der Waals surface area contributed by atoms with Gasteiger partial charge in [0.2, 0.25) is 0 Å². The highest BCUT2D eigenvalue weighted by Gasteiger charge is 2.21. The number of hydrogen-bond acceptors (Lipinski definition) is 1. The van der Waals surface area contributed by atoms with E-state index in [1.807, 2.05) is 11.0 Å². The Morgan fingerprint density at radius 2 is 2.31 bits per heavy atom. The summed E-state index contributed by atoms with van der Waals surface area (Å²) >= 11 is 3.89. The van der Waals surface area contributed by atoms with Gasteiger partial charge in [0, 0.05) is 12.6 Å². The number of rotatable bonds is 2. The van der Waals surface area contributed by atoms with Crippen LogP contribution in [0.1, 0.15) is 32.1 Å². The average molecular weight is 199 g/mol. The lowest BCUT2D eigenvalue weighted by Crippen LogP contribution is -2.36. The molecule has 1 amide bonds.